The normalized spacial score (nSPS) is 11.9. The van der Waals surface area contributed by atoms with E-state index in [2.05, 4.69) is 29.1 Å². The summed E-state index contributed by atoms with van der Waals surface area (Å²) in [6.07, 6.45) is 7.81. The van der Waals surface area contributed by atoms with E-state index in [9.17, 15) is 13.2 Å². The van der Waals surface area contributed by atoms with Crippen molar-refractivity contribution in [3.63, 3.8) is 0 Å². The maximum Gasteiger partial charge on any atom is 0.418 e. The van der Waals surface area contributed by atoms with Gasteiger partial charge in [0.2, 0.25) is 0 Å². The van der Waals surface area contributed by atoms with E-state index in [0.29, 0.717) is 6.54 Å². The molecule has 0 saturated heterocycles. The van der Waals surface area contributed by atoms with Gasteiger partial charge in [0.25, 0.3) is 0 Å². The number of alkyl halides is 3. The first-order chi connectivity index (χ1) is 12.4. The van der Waals surface area contributed by atoms with Crippen LogP contribution in [-0.2, 0) is 12.7 Å². The Balaban J connectivity index is 0.000000590. The Labute approximate surface area is 156 Å². The second-order valence-electron chi connectivity index (χ2n) is 6.36. The summed E-state index contributed by atoms with van der Waals surface area (Å²) in [7, 11) is 1.64. The zero-order valence-corrected chi connectivity index (χ0v) is 16.6. The fraction of sp³-hybridized carbons (Fsp3) is 0.700. The summed E-state index contributed by atoms with van der Waals surface area (Å²) in [6, 6.07) is 1.37. The third-order valence-electron chi connectivity index (χ3n) is 4.00. The van der Waals surface area contributed by atoms with E-state index in [4.69, 9.17) is 0 Å². The second-order valence-corrected chi connectivity index (χ2v) is 6.36. The van der Waals surface area contributed by atoms with E-state index in [0.717, 1.165) is 11.9 Å². The van der Waals surface area contributed by atoms with E-state index in [1.807, 2.05) is 6.92 Å². The molecule has 0 saturated carbocycles. The highest BCUT2D eigenvalue weighted by molar-refractivity contribution is 5.83. The second kappa shape index (κ2) is 14.7. The number of nitrogens with one attached hydrogen (secondary N) is 1. The molecule has 6 heteroatoms. The van der Waals surface area contributed by atoms with E-state index in [-0.39, 0.29) is 12.1 Å². The van der Waals surface area contributed by atoms with Crippen molar-refractivity contribution in [1.82, 2.24) is 10.3 Å². The molecule has 1 aromatic rings. The Bertz CT molecular complexity index is 493. The number of rotatable bonds is 10. The molecule has 0 atom stereocenters. The van der Waals surface area contributed by atoms with E-state index >= 15 is 0 Å². The lowest BCUT2D eigenvalue weighted by Gasteiger charge is -2.12. The van der Waals surface area contributed by atoms with Gasteiger partial charge in [-0.2, -0.15) is 13.2 Å². The van der Waals surface area contributed by atoms with Gasteiger partial charge in [0.05, 0.1) is 5.56 Å². The van der Waals surface area contributed by atoms with Crippen molar-refractivity contribution in [2.24, 2.45) is 4.99 Å². The number of aliphatic imine (C=N–C) groups is 1. The predicted octanol–water partition coefficient (Wildman–Crippen LogP) is 6.04. The molecule has 150 valence electrons. The molecule has 0 unspecified atom stereocenters. The lowest BCUT2D eigenvalue weighted by atomic mass is 10.1. The summed E-state index contributed by atoms with van der Waals surface area (Å²) in [5, 5.41) is 2.91. The maximum atomic E-state index is 12.6. The maximum absolute atomic E-state index is 12.6. The Kier molecular flexibility index (Phi) is 13.9. The number of hydrogen-bond acceptors (Lipinski definition) is 3. The van der Waals surface area contributed by atoms with Crippen molar-refractivity contribution in [2.75, 3.05) is 13.6 Å². The Morgan fingerprint density at radius 3 is 2.15 bits per heavy atom. The van der Waals surface area contributed by atoms with Crippen LogP contribution >= 0.6 is 0 Å². The quantitative estimate of drug-likeness (QED) is 0.401. The third-order valence-corrected chi connectivity index (χ3v) is 4.00. The first-order valence-electron chi connectivity index (χ1n) is 9.49. The fourth-order valence-corrected chi connectivity index (χ4v) is 2.32. The first kappa shape index (κ1) is 24.6. The first-order valence-corrected chi connectivity index (χ1v) is 9.49. The van der Waals surface area contributed by atoms with Gasteiger partial charge in [0.1, 0.15) is 0 Å². The van der Waals surface area contributed by atoms with Crippen LogP contribution in [0.15, 0.2) is 23.5 Å². The smallest absolute Gasteiger partial charge is 0.307 e. The summed E-state index contributed by atoms with van der Waals surface area (Å²) >= 11 is 0. The molecule has 0 spiro atoms. The number of nitrogens with zero attached hydrogens (tertiary/aromatic N) is 2. The molecule has 1 N–H and O–H groups in total. The zero-order valence-electron chi connectivity index (χ0n) is 16.6. The standard InChI is InChI=1S/C11H14F3N3.C9H20/c1-8(15-2)5-17-6-9-3-4-16-7-10(9)11(12,13)14;1-3-5-7-9-8-6-4-2/h3-4,7,17H,5-6H2,1-2H3;3-9H2,1-2H3. The molecule has 26 heavy (non-hydrogen) atoms. The van der Waals surface area contributed by atoms with E-state index < -0.39 is 11.7 Å². The Morgan fingerprint density at radius 2 is 1.65 bits per heavy atom. The van der Waals surface area contributed by atoms with Gasteiger partial charge in [0, 0.05) is 38.2 Å². The summed E-state index contributed by atoms with van der Waals surface area (Å²) in [5.74, 6) is 0. The number of halogens is 3. The molecule has 3 nitrogen and oxygen atoms in total. The third kappa shape index (κ3) is 12.0. The minimum Gasteiger partial charge on any atom is -0.307 e. The van der Waals surface area contributed by atoms with Crippen molar-refractivity contribution in [1.29, 1.82) is 0 Å². The van der Waals surface area contributed by atoms with Gasteiger partial charge in [-0.3, -0.25) is 9.98 Å². The number of unbranched alkanes of at least 4 members (excludes halogenated alkanes) is 6. The molecule has 0 fully saturated rings. The molecule has 1 heterocycles. The van der Waals surface area contributed by atoms with Crippen molar-refractivity contribution >= 4 is 5.71 Å². The molecule has 1 rings (SSSR count). The molecule has 0 amide bonds. The number of aromatic nitrogens is 1. The van der Waals surface area contributed by atoms with Crippen LogP contribution in [0.1, 0.15) is 76.8 Å². The molecule has 0 aliphatic rings. The number of hydrogen-bond donors (Lipinski definition) is 1. The van der Waals surface area contributed by atoms with Gasteiger partial charge in [-0.05, 0) is 18.6 Å². The molecular weight excluding hydrogens is 339 g/mol. The molecule has 0 aromatic carbocycles. The Morgan fingerprint density at radius 1 is 1.08 bits per heavy atom. The number of pyridine rings is 1. The molecular formula is C20H34F3N3. The summed E-state index contributed by atoms with van der Waals surface area (Å²) in [6.45, 7) is 6.95. The van der Waals surface area contributed by atoms with Crippen LogP contribution in [0.4, 0.5) is 13.2 Å². The van der Waals surface area contributed by atoms with Crippen LogP contribution in [0.3, 0.4) is 0 Å². The van der Waals surface area contributed by atoms with Crippen LogP contribution in [0.5, 0.6) is 0 Å². The minimum absolute atomic E-state index is 0.143. The molecule has 1 aromatic heterocycles. The van der Waals surface area contributed by atoms with Crippen molar-refractivity contribution in [3.8, 4) is 0 Å². The lowest BCUT2D eigenvalue weighted by Crippen LogP contribution is -2.22. The highest BCUT2D eigenvalue weighted by Crippen LogP contribution is 2.31. The van der Waals surface area contributed by atoms with Gasteiger partial charge >= 0.3 is 6.18 Å². The van der Waals surface area contributed by atoms with Gasteiger partial charge in [0.15, 0.2) is 0 Å². The van der Waals surface area contributed by atoms with Crippen LogP contribution in [-0.4, -0.2) is 24.3 Å². The van der Waals surface area contributed by atoms with Crippen molar-refractivity contribution in [3.05, 3.63) is 29.6 Å². The zero-order chi connectivity index (χ0) is 19.8. The Hall–Kier alpha value is -1.43. The average molecular weight is 374 g/mol. The van der Waals surface area contributed by atoms with Crippen LogP contribution < -0.4 is 5.32 Å². The summed E-state index contributed by atoms with van der Waals surface area (Å²) < 4.78 is 37.8. The largest absolute Gasteiger partial charge is 0.418 e. The van der Waals surface area contributed by atoms with Crippen molar-refractivity contribution < 1.29 is 13.2 Å². The van der Waals surface area contributed by atoms with Gasteiger partial charge < -0.3 is 5.32 Å². The monoisotopic (exact) mass is 373 g/mol. The minimum atomic E-state index is -4.36. The van der Waals surface area contributed by atoms with Gasteiger partial charge in [-0.25, -0.2) is 0 Å². The van der Waals surface area contributed by atoms with Crippen LogP contribution in [0.2, 0.25) is 0 Å². The fourth-order valence-electron chi connectivity index (χ4n) is 2.32. The van der Waals surface area contributed by atoms with Crippen LogP contribution in [0, 0.1) is 0 Å². The molecule has 0 bridgehead atoms. The SMILES string of the molecule is CCCCCCCCC.CN=C(C)CNCc1ccncc1C(F)(F)F. The highest BCUT2D eigenvalue weighted by atomic mass is 19.4. The van der Waals surface area contributed by atoms with Crippen molar-refractivity contribution in [2.45, 2.75) is 78.4 Å². The molecule has 0 aliphatic carbocycles. The van der Waals surface area contributed by atoms with Crippen LogP contribution in [0.25, 0.3) is 0 Å². The summed E-state index contributed by atoms with van der Waals surface area (Å²) in [5.41, 5.74) is 0.336. The predicted molar refractivity (Wildman–Crippen MR) is 104 cm³/mol. The topological polar surface area (TPSA) is 37.3 Å². The lowest BCUT2D eigenvalue weighted by molar-refractivity contribution is -0.138. The highest BCUT2D eigenvalue weighted by Gasteiger charge is 2.33. The van der Waals surface area contributed by atoms with Gasteiger partial charge in [-0.1, -0.05) is 58.8 Å². The summed E-state index contributed by atoms with van der Waals surface area (Å²) in [4.78, 5) is 7.41. The van der Waals surface area contributed by atoms with E-state index in [1.165, 1.54) is 57.2 Å². The average Bonchev–Trinajstić information content (AvgIpc) is 2.61. The molecule has 0 aliphatic heterocycles. The van der Waals surface area contributed by atoms with Gasteiger partial charge in [-0.15, -0.1) is 0 Å². The van der Waals surface area contributed by atoms with E-state index in [1.54, 1.807) is 7.05 Å². The molecule has 0 radical (unpaired) electrons.